The van der Waals surface area contributed by atoms with Crippen molar-refractivity contribution in [3.05, 3.63) is 0 Å². The van der Waals surface area contributed by atoms with Crippen molar-refractivity contribution < 1.29 is 37.3 Å². The summed E-state index contributed by atoms with van der Waals surface area (Å²) in [5.41, 5.74) is 0. The molecule has 0 rings (SSSR count). The first-order valence-corrected chi connectivity index (χ1v) is 1.89. The topological polar surface area (TPSA) is 23.1 Å². The van der Waals surface area contributed by atoms with Crippen LogP contribution in [-0.2, 0) is 44.8 Å². The Morgan fingerprint density at radius 2 is 1.75 bits per heavy atom. The molecule has 0 amide bonds. The first-order valence-electron chi connectivity index (χ1n) is 0.630. The van der Waals surface area contributed by atoms with E-state index >= 15 is 0 Å². The van der Waals surface area contributed by atoms with Gasteiger partial charge in [0, 0.05) is 32.7 Å². The standard InChI is InChI=1S/CH4OS.Y/c1-3-2;/h3H,1H3;. The monoisotopic (exact) mass is 153 g/mol. The Morgan fingerprint density at radius 3 is 1.75 bits per heavy atom. The molecule has 0 aliphatic heterocycles. The minimum atomic E-state index is 0. The number of thiol groups is 1. The minimum absolute atomic E-state index is 0. The fourth-order valence-corrected chi connectivity index (χ4v) is 0. The van der Waals surface area contributed by atoms with Crippen LogP contribution in [-0.4, -0.2) is 10.8 Å². The van der Waals surface area contributed by atoms with E-state index in [0.717, 1.165) is 0 Å². The summed E-state index contributed by atoms with van der Waals surface area (Å²) in [7, 11) is 0. The van der Waals surface area contributed by atoms with E-state index in [0.29, 0.717) is 0 Å². The largest absolute Gasteiger partial charge is 0.618 e. The summed E-state index contributed by atoms with van der Waals surface area (Å²) >= 11 is 0.167. The van der Waals surface area contributed by atoms with E-state index in [-0.39, 0.29) is 44.8 Å². The summed E-state index contributed by atoms with van der Waals surface area (Å²) in [6.07, 6.45) is 1.54. The van der Waals surface area contributed by atoms with Crippen LogP contribution in [0.3, 0.4) is 0 Å². The Balaban J connectivity index is 0. The van der Waals surface area contributed by atoms with Gasteiger partial charge in [0.15, 0.2) is 0 Å². The Hall–Kier alpha value is 1.41. The van der Waals surface area contributed by atoms with Crippen molar-refractivity contribution in [3.63, 3.8) is 0 Å². The van der Waals surface area contributed by atoms with E-state index in [2.05, 4.69) is 0 Å². The average molecular weight is 153 g/mol. The molecule has 0 aromatic carbocycles. The molecular formula is CH4OSY. The molecule has 0 unspecified atom stereocenters. The predicted molar refractivity (Wildman–Crippen MR) is 15.5 cm³/mol. The molecule has 0 atom stereocenters. The average Bonchev–Trinajstić information content (AvgIpc) is 0.918. The van der Waals surface area contributed by atoms with Gasteiger partial charge in [-0.2, -0.15) is 0 Å². The molecule has 0 saturated carbocycles. The third-order valence-corrected chi connectivity index (χ3v) is 0. The maximum absolute atomic E-state index is 8.90. The number of hydrogen-bond donors (Lipinski definition) is 0. The molecule has 0 aromatic heterocycles. The van der Waals surface area contributed by atoms with Gasteiger partial charge in [-0.3, -0.25) is 0 Å². The molecule has 0 bridgehead atoms. The SMILES string of the molecule is C[SH+][O-].[Y]. The summed E-state index contributed by atoms with van der Waals surface area (Å²) in [6, 6.07) is 0. The number of hydrogen-bond acceptors (Lipinski definition) is 1. The van der Waals surface area contributed by atoms with E-state index in [9.17, 15) is 0 Å². The summed E-state index contributed by atoms with van der Waals surface area (Å²) in [6.45, 7) is 0. The summed E-state index contributed by atoms with van der Waals surface area (Å²) in [5.74, 6) is 0. The zero-order chi connectivity index (χ0) is 2.71. The van der Waals surface area contributed by atoms with Crippen molar-refractivity contribution in [1.82, 2.24) is 0 Å². The molecule has 0 heterocycles. The van der Waals surface area contributed by atoms with Crippen molar-refractivity contribution >= 4 is 12.0 Å². The first kappa shape index (κ1) is 9.05. The summed E-state index contributed by atoms with van der Waals surface area (Å²) in [4.78, 5) is 0. The fourth-order valence-electron chi connectivity index (χ4n) is 0. The molecule has 1 nitrogen and oxygen atoms in total. The van der Waals surface area contributed by atoms with Gasteiger partial charge in [0.25, 0.3) is 0 Å². The van der Waals surface area contributed by atoms with Gasteiger partial charge in [-0.1, -0.05) is 12.0 Å². The fraction of sp³-hybridized carbons (Fsp3) is 1.00. The predicted octanol–water partition coefficient (Wildman–Crippen LogP) is -0.441. The normalized spacial score (nSPS) is 4.50. The second-order valence-corrected chi connectivity index (χ2v) is 0.548. The number of rotatable bonds is 0. The molecule has 0 aromatic rings. The molecule has 0 aliphatic carbocycles. The van der Waals surface area contributed by atoms with Gasteiger partial charge in [0.1, 0.15) is 0 Å². The van der Waals surface area contributed by atoms with E-state index < -0.39 is 0 Å². The molecular weight excluding hydrogens is 149 g/mol. The van der Waals surface area contributed by atoms with Crippen molar-refractivity contribution in [2.75, 3.05) is 6.26 Å². The molecule has 0 N–H and O–H groups in total. The quantitative estimate of drug-likeness (QED) is 0.341. The van der Waals surface area contributed by atoms with E-state index in [1.807, 2.05) is 0 Å². The Morgan fingerprint density at radius 1 is 1.75 bits per heavy atom. The molecule has 3 heteroatoms. The third-order valence-electron chi connectivity index (χ3n) is 0. The van der Waals surface area contributed by atoms with Gasteiger partial charge in [0.05, 0.1) is 6.26 Å². The Labute approximate surface area is 55.2 Å². The van der Waals surface area contributed by atoms with Crippen LogP contribution in [0, 0.1) is 0 Å². The van der Waals surface area contributed by atoms with Gasteiger partial charge < -0.3 is 4.55 Å². The van der Waals surface area contributed by atoms with Gasteiger partial charge in [0.2, 0.25) is 0 Å². The van der Waals surface area contributed by atoms with Gasteiger partial charge in [-0.05, 0) is 0 Å². The smallest absolute Gasteiger partial charge is 0.0925 e. The molecule has 0 fully saturated rings. The van der Waals surface area contributed by atoms with Gasteiger partial charge >= 0.3 is 0 Å². The molecule has 23 valence electrons. The van der Waals surface area contributed by atoms with Crippen LogP contribution in [0.25, 0.3) is 0 Å². The maximum Gasteiger partial charge on any atom is 0.0925 e. The Bertz CT molecular complexity index is 8.00. The molecule has 0 saturated heterocycles. The van der Waals surface area contributed by atoms with Crippen molar-refractivity contribution in [2.24, 2.45) is 0 Å². The zero-order valence-corrected chi connectivity index (χ0v) is 6.17. The van der Waals surface area contributed by atoms with Crippen LogP contribution in [0.2, 0.25) is 0 Å². The Kier molecular flexibility index (Phi) is 20.0. The second-order valence-electron chi connectivity index (χ2n) is 0.183. The van der Waals surface area contributed by atoms with Crippen molar-refractivity contribution in [3.8, 4) is 0 Å². The van der Waals surface area contributed by atoms with Crippen LogP contribution < -0.4 is 0 Å². The van der Waals surface area contributed by atoms with Crippen LogP contribution >= 0.6 is 0 Å². The molecule has 1 radical (unpaired) electrons. The molecule has 4 heavy (non-hydrogen) atoms. The minimum Gasteiger partial charge on any atom is -0.618 e. The third kappa shape index (κ3) is 9.95. The maximum atomic E-state index is 8.90. The van der Waals surface area contributed by atoms with Crippen molar-refractivity contribution in [1.29, 1.82) is 0 Å². The van der Waals surface area contributed by atoms with Crippen LogP contribution in [0.15, 0.2) is 0 Å². The van der Waals surface area contributed by atoms with E-state index in [1.165, 1.54) is 0 Å². The van der Waals surface area contributed by atoms with E-state index in [1.54, 1.807) is 6.26 Å². The molecule has 0 spiro atoms. The second kappa shape index (κ2) is 8.83. The van der Waals surface area contributed by atoms with Gasteiger partial charge in [-0.15, -0.1) is 0 Å². The summed E-state index contributed by atoms with van der Waals surface area (Å²) in [5, 5.41) is 0. The molecule has 0 aliphatic rings. The van der Waals surface area contributed by atoms with Crippen molar-refractivity contribution in [2.45, 2.75) is 0 Å². The van der Waals surface area contributed by atoms with E-state index in [4.69, 9.17) is 4.55 Å². The van der Waals surface area contributed by atoms with Gasteiger partial charge in [-0.25, -0.2) is 0 Å². The van der Waals surface area contributed by atoms with Crippen LogP contribution in [0.1, 0.15) is 0 Å². The summed E-state index contributed by atoms with van der Waals surface area (Å²) < 4.78 is 8.90. The zero-order valence-electron chi connectivity index (χ0n) is 2.43. The van der Waals surface area contributed by atoms with Crippen LogP contribution in [0.5, 0.6) is 0 Å². The van der Waals surface area contributed by atoms with Crippen LogP contribution in [0.4, 0.5) is 0 Å². The first-order chi connectivity index (χ1) is 1.41.